The van der Waals surface area contributed by atoms with Crippen molar-refractivity contribution in [2.24, 2.45) is 17.2 Å². The molecule has 1 heterocycles. The Kier molecular flexibility index (Phi) is 10.7. The molecule has 0 aliphatic heterocycles. The molecule has 0 spiro atoms. The monoisotopic (exact) mass is 520 g/mol. The van der Waals surface area contributed by atoms with E-state index in [-0.39, 0.29) is 43.1 Å². The summed E-state index contributed by atoms with van der Waals surface area (Å²) in [6.07, 6.45) is 0.568. The second kappa shape index (κ2) is 14.2. The van der Waals surface area contributed by atoms with Gasteiger partial charge in [0.1, 0.15) is 0 Å². The topological polar surface area (TPSA) is 177 Å². The Morgan fingerprint density at radius 2 is 1.61 bits per heavy atom. The van der Waals surface area contributed by atoms with Crippen LogP contribution in [0.2, 0.25) is 0 Å². The molecular weight excluding hydrogens is 484 g/mol. The average Bonchev–Trinajstić information content (AvgIpc) is 2.91. The number of aromatic nitrogens is 1. The number of carbonyl (C=O) groups is 3. The van der Waals surface area contributed by atoms with Gasteiger partial charge in [-0.05, 0) is 30.5 Å². The summed E-state index contributed by atoms with van der Waals surface area (Å²) < 4.78 is 0. The summed E-state index contributed by atoms with van der Waals surface area (Å²) in [6.45, 7) is 1.15. The van der Waals surface area contributed by atoms with E-state index < -0.39 is 18.0 Å². The van der Waals surface area contributed by atoms with Crippen LogP contribution in [-0.4, -0.2) is 65.7 Å². The van der Waals surface area contributed by atoms with Crippen LogP contribution in [0.4, 0.5) is 0 Å². The highest BCUT2D eigenvalue weighted by atomic mass is 16.2. The van der Waals surface area contributed by atoms with Crippen molar-refractivity contribution in [2.75, 3.05) is 26.2 Å². The molecule has 0 bridgehead atoms. The maximum Gasteiger partial charge on any atom is 0.238 e. The van der Waals surface area contributed by atoms with Crippen molar-refractivity contribution in [3.63, 3.8) is 0 Å². The number of fused-ring (bicyclic) bond motifs is 1. The SMILES string of the molecule is NCCN(CCN)C(=O)C[C@H](N)C(=O)N[C@@H](CCc1ccccc1)C(=O)Cc1cc(=O)c2ccccc2[nH]1. The maximum atomic E-state index is 13.4. The molecule has 10 nitrogen and oxygen atoms in total. The molecule has 0 radical (unpaired) electrons. The van der Waals surface area contributed by atoms with Crippen molar-refractivity contribution in [3.05, 3.63) is 82.1 Å². The number of carbonyl (C=O) groups excluding carboxylic acids is 3. The largest absolute Gasteiger partial charge is 0.358 e. The van der Waals surface area contributed by atoms with Gasteiger partial charge in [-0.1, -0.05) is 42.5 Å². The summed E-state index contributed by atoms with van der Waals surface area (Å²) in [4.78, 5) is 56.0. The smallest absolute Gasteiger partial charge is 0.238 e. The molecule has 0 fully saturated rings. The molecule has 0 unspecified atom stereocenters. The van der Waals surface area contributed by atoms with Crippen LogP contribution in [0, 0.1) is 0 Å². The highest BCUT2D eigenvalue weighted by molar-refractivity contribution is 5.94. The first-order chi connectivity index (χ1) is 18.3. The third-order valence-corrected chi connectivity index (χ3v) is 6.31. The Morgan fingerprint density at radius 3 is 2.29 bits per heavy atom. The molecule has 0 aliphatic rings. The summed E-state index contributed by atoms with van der Waals surface area (Å²) >= 11 is 0. The Labute approximate surface area is 221 Å². The van der Waals surface area contributed by atoms with Crippen LogP contribution in [0.5, 0.6) is 0 Å². The number of para-hydroxylation sites is 1. The van der Waals surface area contributed by atoms with Crippen LogP contribution in [0.1, 0.15) is 24.1 Å². The van der Waals surface area contributed by atoms with Crippen molar-refractivity contribution < 1.29 is 14.4 Å². The molecule has 3 aromatic rings. The molecule has 2 aromatic carbocycles. The fraction of sp³-hybridized carbons (Fsp3) is 0.357. The zero-order chi connectivity index (χ0) is 27.5. The van der Waals surface area contributed by atoms with Crippen LogP contribution < -0.4 is 27.9 Å². The van der Waals surface area contributed by atoms with E-state index in [1.807, 2.05) is 30.3 Å². The highest BCUT2D eigenvalue weighted by Crippen LogP contribution is 2.11. The van der Waals surface area contributed by atoms with Gasteiger partial charge < -0.3 is 32.4 Å². The number of pyridine rings is 1. The summed E-state index contributed by atoms with van der Waals surface area (Å²) in [5.41, 5.74) is 19.1. The number of nitrogens with one attached hydrogen (secondary N) is 2. The number of nitrogens with two attached hydrogens (primary N) is 3. The summed E-state index contributed by atoms with van der Waals surface area (Å²) in [6, 6.07) is 16.1. The molecule has 10 heteroatoms. The molecule has 2 amide bonds. The quantitative estimate of drug-likeness (QED) is 0.202. The number of ketones is 1. The number of H-pyrrole nitrogens is 1. The molecule has 2 atom stereocenters. The maximum absolute atomic E-state index is 13.4. The van der Waals surface area contributed by atoms with Gasteiger partial charge in [-0.25, -0.2) is 0 Å². The van der Waals surface area contributed by atoms with Crippen LogP contribution >= 0.6 is 0 Å². The van der Waals surface area contributed by atoms with Crippen molar-refractivity contribution in [3.8, 4) is 0 Å². The number of nitrogens with zero attached hydrogens (tertiary/aromatic N) is 1. The molecule has 38 heavy (non-hydrogen) atoms. The number of benzene rings is 2. The molecule has 0 saturated heterocycles. The standard InChI is InChI=1S/C28H36N6O4/c29-12-14-34(15-13-30)27(37)18-22(31)28(38)33-24(11-10-19-6-2-1-3-7-19)26(36)17-20-16-25(35)21-8-4-5-9-23(21)32-20/h1-9,16,22,24H,10-15,17-18,29-31H2,(H,32,35)(H,33,38)/t22-,24-/m0/s1. The fourth-order valence-corrected chi connectivity index (χ4v) is 4.29. The summed E-state index contributed by atoms with van der Waals surface area (Å²) in [5.74, 6) is -1.20. The zero-order valence-electron chi connectivity index (χ0n) is 21.4. The Balaban J connectivity index is 1.73. The number of hydrogen-bond donors (Lipinski definition) is 5. The van der Waals surface area contributed by atoms with E-state index in [1.54, 1.807) is 24.3 Å². The van der Waals surface area contributed by atoms with E-state index in [1.165, 1.54) is 11.0 Å². The minimum atomic E-state index is -1.15. The van der Waals surface area contributed by atoms with Crippen LogP contribution in [0.15, 0.2) is 65.5 Å². The van der Waals surface area contributed by atoms with Crippen LogP contribution in [0.25, 0.3) is 10.9 Å². The molecular formula is C28H36N6O4. The lowest BCUT2D eigenvalue weighted by atomic mass is 9.98. The Morgan fingerprint density at radius 1 is 0.947 bits per heavy atom. The second-order valence-electron chi connectivity index (χ2n) is 9.20. The predicted octanol–water partition coefficient (Wildman–Crippen LogP) is 0.221. The molecule has 3 rings (SSSR count). The van der Waals surface area contributed by atoms with Crippen molar-refractivity contribution in [1.82, 2.24) is 15.2 Å². The van der Waals surface area contributed by atoms with E-state index in [0.717, 1.165) is 5.56 Å². The Hall–Kier alpha value is -3.86. The third kappa shape index (κ3) is 8.07. The van der Waals surface area contributed by atoms with Gasteiger partial charge in [-0.2, -0.15) is 0 Å². The molecule has 1 aromatic heterocycles. The van der Waals surface area contributed by atoms with Crippen LogP contribution in [-0.2, 0) is 27.2 Å². The second-order valence-corrected chi connectivity index (χ2v) is 9.20. The van der Waals surface area contributed by atoms with Gasteiger partial charge in [0, 0.05) is 55.3 Å². The van der Waals surface area contributed by atoms with Gasteiger partial charge in [0.05, 0.1) is 18.5 Å². The van der Waals surface area contributed by atoms with E-state index in [4.69, 9.17) is 17.2 Å². The normalized spacial score (nSPS) is 12.6. The minimum Gasteiger partial charge on any atom is -0.358 e. The predicted molar refractivity (Wildman–Crippen MR) is 147 cm³/mol. The molecule has 202 valence electrons. The zero-order valence-corrected chi connectivity index (χ0v) is 21.4. The van der Waals surface area contributed by atoms with Crippen molar-refractivity contribution in [2.45, 2.75) is 37.8 Å². The van der Waals surface area contributed by atoms with Crippen molar-refractivity contribution in [1.29, 1.82) is 0 Å². The summed E-state index contributed by atoms with van der Waals surface area (Å²) in [7, 11) is 0. The highest BCUT2D eigenvalue weighted by Gasteiger charge is 2.26. The first-order valence-corrected chi connectivity index (χ1v) is 12.7. The lowest BCUT2D eigenvalue weighted by Gasteiger charge is -2.24. The molecule has 0 saturated carbocycles. The van der Waals surface area contributed by atoms with E-state index in [0.29, 0.717) is 42.5 Å². The van der Waals surface area contributed by atoms with Gasteiger partial charge in [0.2, 0.25) is 11.8 Å². The molecule has 8 N–H and O–H groups in total. The first kappa shape index (κ1) is 28.7. The van der Waals surface area contributed by atoms with Gasteiger partial charge in [0.15, 0.2) is 11.2 Å². The van der Waals surface area contributed by atoms with Gasteiger partial charge in [0.25, 0.3) is 0 Å². The van der Waals surface area contributed by atoms with Crippen molar-refractivity contribution >= 4 is 28.5 Å². The van der Waals surface area contributed by atoms with E-state index in [9.17, 15) is 19.2 Å². The van der Waals surface area contributed by atoms with Gasteiger partial charge >= 0.3 is 0 Å². The van der Waals surface area contributed by atoms with E-state index in [2.05, 4.69) is 10.3 Å². The third-order valence-electron chi connectivity index (χ3n) is 6.31. The minimum absolute atomic E-state index is 0.0746. The average molecular weight is 521 g/mol. The lowest BCUT2D eigenvalue weighted by molar-refractivity contribution is -0.134. The number of aryl methyl sites for hydroxylation is 1. The number of hydrogen-bond acceptors (Lipinski definition) is 7. The first-order valence-electron chi connectivity index (χ1n) is 12.7. The van der Waals surface area contributed by atoms with Gasteiger partial charge in [-0.3, -0.25) is 19.2 Å². The fourth-order valence-electron chi connectivity index (χ4n) is 4.29. The summed E-state index contributed by atoms with van der Waals surface area (Å²) in [5, 5.41) is 3.28. The number of aromatic amines is 1. The van der Waals surface area contributed by atoms with E-state index >= 15 is 0 Å². The lowest BCUT2D eigenvalue weighted by Crippen LogP contribution is -2.51. The molecule has 0 aliphatic carbocycles. The van der Waals surface area contributed by atoms with Gasteiger partial charge in [-0.15, -0.1) is 0 Å². The van der Waals surface area contributed by atoms with Crippen LogP contribution in [0.3, 0.4) is 0 Å². The number of amides is 2. The number of rotatable bonds is 14. The Bertz CT molecular complexity index is 1290. The number of Topliss-reactive ketones (excluding diaryl/α,β-unsaturated/α-hetero) is 1.